The van der Waals surface area contributed by atoms with Gasteiger partial charge in [-0.2, -0.15) is 0 Å². The molecule has 0 spiro atoms. The van der Waals surface area contributed by atoms with Gasteiger partial charge in [-0.3, -0.25) is 14.8 Å². The van der Waals surface area contributed by atoms with Gasteiger partial charge in [0.1, 0.15) is 5.82 Å². The molecule has 0 saturated carbocycles. The van der Waals surface area contributed by atoms with Gasteiger partial charge in [0.15, 0.2) is 5.75 Å². The third-order valence-corrected chi connectivity index (χ3v) is 4.45. The second-order valence-corrected chi connectivity index (χ2v) is 6.34. The van der Waals surface area contributed by atoms with E-state index in [1.54, 1.807) is 0 Å². The van der Waals surface area contributed by atoms with Gasteiger partial charge >= 0.3 is 5.69 Å². The fourth-order valence-electron chi connectivity index (χ4n) is 1.92. The van der Waals surface area contributed by atoms with Crippen molar-refractivity contribution in [3.8, 4) is 5.75 Å². The van der Waals surface area contributed by atoms with Crippen LogP contribution in [0.15, 0.2) is 41.3 Å². The fraction of sp³-hybridized carbons (Fsp3) is 0.143. The van der Waals surface area contributed by atoms with Gasteiger partial charge in [0.05, 0.1) is 22.6 Å². The number of sulfonamides is 1. The maximum Gasteiger partial charge on any atom is 0.312 e. The molecular formula is C14H13FN2O5S. The van der Waals surface area contributed by atoms with Crippen molar-refractivity contribution >= 4 is 21.4 Å². The quantitative estimate of drug-likeness (QED) is 0.666. The minimum absolute atomic E-state index is 0.0492. The van der Waals surface area contributed by atoms with Gasteiger partial charge in [-0.1, -0.05) is 0 Å². The number of halogens is 1. The maximum atomic E-state index is 13.1. The third-order valence-electron chi connectivity index (χ3n) is 3.09. The van der Waals surface area contributed by atoms with Crippen molar-refractivity contribution in [3.05, 3.63) is 57.9 Å². The summed E-state index contributed by atoms with van der Waals surface area (Å²) in [5.74, 6) is -0.544. The molecule has 0 fully saturated rings. The largest absolute Gasteiger partial charge is 0.490 e. The Kier molecular flexibility index (Phi) is 4.50. The first-order valence-corrected chi connectivity index (χ1v) is 7.84. The Morgan fingerprint density at radius 3 is 2.48 bits per heavy atom. The Balaban J connectivity index is 2.43. The number of hydrogen-bond acceptors (Lipinski definition) is 5. The van der Waals surface area contributed by atoms with E-state index < -0.39 is 26.5 Å². The summed E-state index contributed by atoms with van der Waals surface area (Å²) >= 11 is 0. The molecular weight excluding hydrogens is 327 g/mol. The number of benzene rings is 2. The second kappa shape index (κ2) is 6.21. The summed E-state index contributed by atoms with van der Waals surface area (Å²) in [6.45, 7) is 1.54. The molecule has 7 nitrogen and oxygen atoms in total. The number of hydrogen-bond donors (Lipinski definition) is 1. The topological polar surface area (TPSA) is 98.5 Å². The molecule has 0 atom stereocenters. The summed E-state index contributed by atoms with van der Waals surface area (Å²) in [6, 6.07) is 6.85. The first-order chi connectivity index (χ1) is 10.7. The lowest BCUT2D eigenvalue weighted by Crippen LogP contribution is -2.14. The van der Waals surface area contributed by atoms with Gasteiger partial charge in [0.2, 0.25) is 0 Å². The van der Waals surface area contributed by atoms with E-state index in [9.17, 15) is 22.9 Å². The Hall–Kier alpha value is -2.68. The minimum Gasteiger partial charge on any atom is -0.490 e. The molecule has 0 aromatic heterocycles. The zero-order chi connectivity index (χ0) is 17.2. The summed E-state index contributed by atoms with van der Waals surface area (Å²) in [5, 5.41) is 11.0. The van der Waals surface area contributed by atoms with E-state index in [1.165, 1.54) is 38.3 Å². The van der Waals surface area contributed by atoms with E-state index in [4.69, 9.17) is 4.74 Å². The number of nitro benzene ring substituents is 1. The van der Waals surface area contributed by atoms with Crippen molar-refractivity contribution in [1.82, 2.24) is 0 Å². The van der Waals surface area contributed by atoms with E-state index in [0.29, 0.717) is 5.56 Å². The van der Waals surface area contributed by atoms with Crippen molar-refractivity contribution < 1.29 is 22.5 Å². The number of aryl methyl sites for hydroxylation is 1. The Morgan fingerprint density at radius 2 is 1.91 bits per heavy atom. The highest BCUT2D eigenvalue weighted by molar-refractivity contribution is 7.92. The number of nitrogens with one attached hydrogen (secondary N) is 1. The van der Waals surface area contributed by atoms with Gasteiger partial charge in [-0.15, -0.1) is 0 Å². The summed E-state index contributed by atoms with van der Waals surface area (Å²) < 4.78 is 44.9. The predicted octanol–water partition coefficient (Wildman–Crippen LogP) is 2.85. The number of methoxy groups -OCH3 is 1. The van der Waals surface area contributed by atoms with Crippen LogP contribution in [0.5, 0.6) is 5.75 Å². The van der Waals surface area contributed by atoms with E-state index in [-0.39, 0.29) is 16.3 Å². The molecule has 0 unspecified atom stereocenters. The average molecular weight is 340 g/mol. The van der Waals surface area contributed by atoms with Crippen LogP contribution in [0.1, 0.15) is 5.56 Å². The SMILES string of the molecule is COc1ccc(S(=O)(=O)Nc2ccc(F)cc2C)cc1[N+](=O)[O-]. The lowest BCUT2D eigenvalue weighted by Gasteiger charge is -2.11. The maximum absolute atomic E-state index is 13.1. The lowest BCUT2D eigenvalue weighted by molar-refractivity contribution is -0.386. The highest BCUT2D eigenvalue weighted by Crippen LogP contribution is 2.30. The average Bonchev–Trinajstić information content (AvgIpc) is 2.49. The first kappa shape index (κ1) is 16.7. The van der Waals surface area contributed by atoms with E-state index in [0.717, 1.165) is 12.1 Å². The molecule has 0 saturated heterocycles. The van der Waals surface area contributed by atoms with Crippen LogP contribution < -0.4 is 9.46 Å². The van der Waals surface area contributed by atoms with Gasteiger partial charge in [0, 0.05) is 6.07 Å². The molecule has 0 aliphatic rings. The van der Waals surface area contributed by atoms with E-state index in [2.05, 4.69) is 4.72 Å². The van der Waals surface area contributed by atoms with E-state index in [1.807, 2.05) is 0 Å². The van der Waals surface area contributed by atoms with Crippen molar-refractivity contribution in [2.45, 2.75) is 11.8 Å². The summed E-state index contributed by atoms with van der Waals surface area (Å²) in [6.07, 6.45) is 0. The van der Waals surface area contributed by atoms with Crippen LogP contribution in [0.2, 0.25) is 0 Å². The normalized spacial score (nSPS) is 11.1. The predicted molar refractivity (Wildman–Crippen MR) is 81.6 cm³/mol. The number of rotatable bonds is 5. The van der Waals surface area contributed by atoms with Crippen LogP contribution in [-0.4, -0.2) is 20.5 Å². The van der Waals surface area contributed by atoms with Crippen LogP contribution in [0, 0.1) is 22.9 Å². The van der Waals surface area contributed by atoms with Crippen molar-refractivity contribution in [1.29, 1.82) is 0 Å². The van der Waals surface area contributed by atoms with Crippen molar-refractivity contribution in [2.75, 3.05) is 11.8 Å². The van der Waals surface area contributed by atoms with Crippen LogP contribution in [0.4, 0.5) is 15.8 Å². The molecule has 23 heavy (non-hydrogen) atoms. The highest BCUT2D eigenvalue weighted by atomic mass is 32.2. The highest BCUT2D eigenvalue weighted by Gasteiger charge is 2.22. The Morgan fingerprint density at radius 1 is 1.22 bits per heavy atom. The monoisotopic (exact) mass is 340 g/mol. The molecule has 9 heteroatoms. The smallest absolute Gasteiger partial charge is 0.312 e. The Labute approximate surface area is 131 Å². The minimum atomic E-state index is -4.06. The van der Waals surface area contributed by atoms with Gasteiger partial charge in [-0.05, 0) is 42.8 Å². The molecule has 0 radical (unpaired) electrons. The van der Waals surface area contributed by atoms with Crippen LogP contribution in [0.25, 0.3) is 0 Å². The van der Waals surface area contributed by atoms with Crippen LogP contribution >= 0.6 is 0 Å². The molecule has 1 N–H and O–H groups in total. The number of nitro groups is 1. The van der Waals surface area contributed by atoms with Gasteiger partial charge in [-0.25, -0.2) is 12.8 Å². The molecule has 0 bridgehead atoms. The number of anilines is 1. The molecule has 0 amide bonds. The van der Waals surface area contributed by atoms with Crippen molar-refractivity contribution in [2.24, 2.45) is 0 Å². The molecule has 0 aliphatic heterocycles. The third kappa shape index (κ3) is 3.57. The molecule has 2 rings (SSSR count). The van der Waals surface area contributed by atoms with E-state index >= 15 is 0 Å². The molecule has 2 aromatic rings. The molecule has 0 heterocycles. The zero-order valence-corrected chi connectivity index (χ0v) is 13.1. The Bertz CT molecular complexity index is 867. The van der Waals surface area contributed by atoms with Gasteiger partial charge in [0.25, 0.3) is 10.0 Å². The fourth-order valence-corrected chi connectivity index (χ4v) is 3.08. The number of ether oxygens (including phenoxy) is 1. The lowest BCUT2D eigenvalue weighted by atomic mass is 10.2. The summed E-state index contributed by atoms with van der Waals surface area (Å²) in [7, 11) is -2.82. The summed E-state index contributed by atoms with van der Waals surface area (Å²) in [5.41, 5.74) is 0.104. The second-order valence-electron chi connectivity index (χ2n) is 4.66. The molecule has 0 aliphatic carbocycles. The van der Waals surface area contributed by atoms with Gasteiger partial charge < -0.3 is 4.74 Å². The van der Waals surface area contributed by atoms with Crippen LogP contribution in [-0.2, 0) is 10.0 Å². The molecule has 122 valence electrons. The number of nitrogens with zero attached hydrogens (tertiary/aromatic N) is 1. The first-order valence-electron chi connectivity index (χ1n) is 6.36. The zero-order valence-electron chi connectivity index (χ0n) is 12.2. The van der Waals surface area contributed by atoms with Crippen molar-refractivity contribution in [3.63, 3.8) is 0 Å². The standard InChI is InChI=1S/C14H13FN2O5S/c1-9-7-10(15)3-5-12(9)16-23(20,21)11-4-6-14(22-2)13(8-11)17(18)19/h3-8,16H,1-2H3. The molecule has 2 aromatic carbocycles. The summed E-state index contributed by atoms with van der Waals surface area (Å²) in [4.78, 5) is 9.95. The van der Waals surface area contributed by atoms with Crippen LogP contribution in [0.3, 0.4) is 0 Å².